The normalized spacial score (nSPS) is 29.0. The van der Waals surface area contributed by atoms with Gasteiger partial charge in [-0.1, -0.05) is 6.92 Å². The van der Waals surface area contributed by atoms with E-state index in [-0.39, 0.29) is 0 Å². The Balaban J connectivity index is 3.09. The van der Waals surface area contributed by atoms with Gasteiger partial charge in [0.1, 0.15) is 0 Å². The molecule has 1 atom stereocenters. The Morgan fingerprint density at radius 1 is 1.58 bits per heavy atom. The van der Waals surface area contributed by atoms with E-state index in [9.17, 15) is 14.4 Å². The summed E-state index contributed by atoms with van der Waals surface area (Å²) < 4.78 is 0. The van der Waals surface area contributed by atoms with Crippen LogP contribution in [0.1, 0.15) is 13.3 Å². The van der Waals surface area contributed by atoms with Crippen LogP contribution in [0.15, 0.2) is 0 Å². The molecule has 1 N–H and O–H groups in total. The standard InChI is InChI=1S/C7H10N2O3/c1-3-7(4-10)5(11)8-6(12)9(7)2/h4H,3H2,1-2H3,(H,8,11,12)/t7-/m1/s1. The highest BCUT2D eigenvalue weighted by Crippen LogP contribution is 2.20. The first-order valence-corrected chi connectivity index (χ1v) is 3.64. The average molecular weight is 170 g/mol. The highest BCUT2D eigenvalue weighted by atomic mass is 16.2. The van der Waals surface area contributed by atoms with E-state index in [2.05, 4.69) is 5.32 Å². The topological polar surface area (TPSA) is 66.5 Å². The molecular formula is C7H10N2O3. The van der Waals surface area contributed by atoms with Crippen LogP contribution in [0.4, 0.5) is 4.79 Å². The van der Waals surface area contributed by atoms with Gasteiger partial charge in [-0.25, -0.2) is 4.79 Å². The fraction of sp³-hybridized carbons (Fsp3) is 0.571. The highest BCUT2D eigenvalue weighted by Gasteiger charge is 2.49. The molecule has 3 amide bonds. The van der Waals surface area contributed by atoms with E-state index in [0.717, 1.165) is 4.90 Å². The van der Waals surface area contributed by atoms with E-state index in [0.29, 0.717) is 12.7 Å². The third-order valence-electron chi connectivity index (χ3n) is 2.25. The summed E-state index contributed by atoms with van der Waals surface area (Å²) in [6.45, 7) is 1.68. The Morgan fingerprint density at radius 2 is 2.17 bits per heavy atom. The fourth-order valence-corrected chi connectivity index (χ4v) is 1.24. The van der Waals surface area contributed by atoms with Gasteiger partial charge in [-0.05, 0) is 6.42 Å². The number of nitrogens with one attached hydrogen (secondary N) is 1. The van der Waals surface area contributed by atoms with Crippen molar-refractivity contribution >= 4 is 18.2 Å². The Bertz CT molecular complexity index is 251. The number of aldehydes is 1. The quantitative estimate of drug-likeness (QED) is 0.345. The largest absolute Gasteiger partial charge is 0.325 e. The maximum absolute atomic E-state index is 11.2. The van der Waals surface area contributed by atoms with E-state index in [4.69, 9.17) is 0 Å². The molecular weight excluding hydrogens is 160 g/mol. The molecule has 5 nitrogen and oxygen atoms in total. The molecule has 0 radical (unpaired) electrons. The Hall–Kier alpha value is -1.39. The van der Waals surface area contributed by atoms with E-state index in [1.807, 2.05) is 0 Å². The molecule has 0 aromatic heterocycles. The number of nitrogens with zero attached hydrogens (tertiary/aromatic N) is 1. The lowest BCUT2D eigenvalue weighted by molar-refractivity contribution is -0.132. The maximum Gasteiger partial charge on any atom is 0.325 e. The second-order valence-electron chi connectivity index (χ2n) is 2.71. The summed E-state index contributed by atoms with van der Waals surface area (Å²) in [5.41, 5.74) is -1.28. The molecule has 1 fully saturated rings. The summed E-state index contributed by atoms with van der Waals surface area (Å²) in [7, 11) is 1.43. The van der Waals surface area contributed by atoms with Crippen molar-refractivity contribution < 1.29 is 14.4 Å². The highest BCUT2D eigenvalue weighted by molar-refractivity contribution is 6.15. The summed E-state index contributed by atoms with van der Waals surface area (Å²) in [5, 5.41) is 2.08. The molecule has 0 aromatic rings. The number of imide groups is 1. The maximum atomic E-state index is 11.2. The molecule has 1 aliphatic heterocycles. The number of rotatable bonds is 2. The molecule has 5 heteroatoms. The molecule has 66 valence electrons. The van der Waals surface area contributed by atoms with Crippen molar-refractivity contribution in [2.24, 2.45) is 0 Å². The van der Waals surface area contributed by atoms with Gasteiger partial charge >= 0.3 is 6.03 Å². The van der Waals surface area contributed by atoms with Gasteiger partial charge in [-0.15, -0.1) is 0 Å². The zero-order valence-corrected chi connectivity index (χ0v) is 6.96. The van der Waals surface area contributed by atoms with Crippen LogP contribution in [0.2, 0.25) is 0 Å². The Labute approximate surface area is 69.7 Å². The van der Waals surface area contributed by atoms with Crippen molar-refractivity contribution in [3.63, 3.8) is 0 Å². The van der Waals surface area contributed by atoms with Crippen LogP contribution in [-0.2, 0) is 9.59 Å². The zero-order chi connectivity index (χ0) is 9.35. The minimum absolute atomic E-state index is 0.296. The molecule has 0 aliphatic carbocycles. The summed E-state index contributed by atoms with van der Waals surface area (Å²) in [6.07, 6.45) is 0.803. The van der Waals surface area contributed by atoms with Crippen molar-refractivity contribution in [3.8, 4) is 0 Å². The van der Waals surface area contributed by atoms with Crippen molar-refractivity contribution in [1.29, 1.82) is 0 Å². The van der Waals surface area contributed by atoms with E-state index < -0.39 is 17.5 Å². The Morgan fingerprint density at radius 3 is 2.33 bits per heavy atom. The Kier molecular flexibility index (Phi) is 1.87. The van der Waals surface area contributed by atoms with Gasteiger partial charge in [0.05, 0.1) is 0 Å². The SMILES string of the molecule is CC[C@@]1(C=O)C(=O)NC(=O)N1C. The summed E-state index contributed by atoms with van der Waals surface area (Å²) >= 11 is 0. The van der Waals surface area contributed by atoms with Gasteiger partial charge in [0, 0.05) is 7.05 Å². The molecule has 12 heavy (non-hydrogen) atoms. The average Bonchev–Trinajstić information content (AvgIpc) is 2.26. The number of hydrogen-bond donors (Lipinski definition) is 1. The molecule has 1 aliphatic rings. The predicted octanol–water partition coefficient (Wildman–Crippen LogP) is -0.484. The van der Waals surface area contributed by atoms with Gasteiger partial charge in [0.2, 0.25) is 0 Å². The van der Waals surface area contributed by atoms with Crippen LogP contribution >= 0.6 is 0 Å². The monoisotopic (exact) mass is 170 g/mol. The molecule has 0 saturated carbocycles. The van der Waals surface area contributed by atoms with Crippen LogP contribution in [0.3, 0.4) is 0 Å². The van der Waals surface area contributed by atoms with Crippen LogP contribution < -0.4 is 5.32 Å². The first-order chi connectivity index (χ1) is 5.58. The predicted molar refractivity (Wildman–Crippen MR) is 40.4 cm³/mol. The van der Waals surface area contributed by atoms with Crippen molar-refractivity contribution in [2.75, 3.05) is 7.05 Å². The van der Waals surface area contributed by atoms with Crippen LogP contribution in [0, 0.1) is 0 Å². The number of carbonyl (C=O) groups excluding carboxylic acids is 3. The van der Waals surface area contributed by atoms with Crippen LogP contribution in [-0.4, -0.2) is 35.7 Å². The minimum Gasteiger partial charge on any atom is -0.306 e. The minimum atomic E-state index is -1.28. The molecule has 0 bridgehead atoms. The molecule has 1 heterocycles. The lowest BCUT2D eigenvalue weighted by atomic mass is 9.97. The first kappa shape index (κ1) is 8.70. The van der Waals surface area contributed by atoms with Crippen LogP contribution in [0.25, 0.3) is 0 Å². The first-order valence-electron chi connectivity index (χ1n) is 3.64. The molecule has 1 rings (SSSR count). The van der Waals surface area contributed by atoms with E-state index in [1.165, 1.54) is 7.05 Å². The number of likely N-dealkylation sites (N-methyl/N-ethyl adjacent to an activating group) is 1. The molecule has 0 spiro atoms. The third kappa shape index (κ3) is 0.823. The zero-order valence-electron chi connectivity index (χ0n) is 6.96. The summed E-state index contributed by atoms with van der Waals surface area (Å²) in [4.78, 5) is 33.9. The van der Waals surface area contributed by atoms with Crippen molar-refractivity contribution in [2.45, 2.75) is 18.9 Å². The molecule has 1 saturated heterocycles. The summed E-state index contributed by atoms with van der Waals surface area (Å²) in [6, 6.07) is -0.519. The number of amides is 3. The van der Waals surface area contributed by atoms with Gasteiger partial charge in [0.15, 0.2) is 11.8 Å². The van der Waals surface area contributed by atoms with Crippen LogP contribution in [0.5, 0.6) is 0 Å². The number of urea groups is 1. The summed E-state index contributed by atoms with van der Waals surface area (Å²) in [5.74, 6) is -0.535. The smallest absolute Gasteiger partial charge is 0.306 e. The van der Waals surface area contributed by atoms with Gasteiger partial charge in [-0.2, -0.15) is 0 Å². The van der Waals surface area contributed by atoms with Crippen molar-refractivity contribution in [3.05, 3.63) is 0 Å². The van der Waals surface area contributed by atoms with E-state index in [1.54, 1.807) is 6.92 Å². The van der Waals surface area contributed by atoms with E-state index >= 15 is 0 Å². The van der Waals surface area contributed by atoms with Crippen molar-refractivity contribution in [1.82, 2.24) is 10.2 Å². The molecule has 0 aromatic carbocycles. The van der Waals surface area contributed by atoms with Gasteiger partial charge in [0.25, 0.3) is 5.91 Å². The number of hydrogen-bond acceptors (Lipinski definition) is 3. The second-order valence-corrected chi connectivity index (χ2v) is 2.71. The van der Waals surface area contributed by atoms with Gasteiger partial charge < -0.3 is 9.69 Å². The number of carbonyl (C=O) groups is 3. The third-order valence-corrected chi connectivity index (χ3v) is 2.25. The second kappa shape index (κ2) is 2.58. The fourth-order valence-electron chi connectivity index (χ4n) is 1.24. The molecule has 0 unspecified atom stereocenters. The lowest BCUT2D eigenvalue weighted by Crippen LogP contribution is -2.48. The van der Waals surface area contributed by atoms with Gasteiger partial charge in [-0.3, -0.25) is 10.1 Å². The lowest BCUT2D eigenvalue weighted by Gasteiger charge is -2.24.